The molecule has 0 N–H and O–H groups in total. The highest BCUT2D eigenvalue weighted by atomic mass is 16.7. The van der Waals surface area contributed by atoms with E-state index in [1.807, 2.05) is 13.8 Å². The predicted molar refractivity (Wildman–Crippen MR) is 115 cm³/mol. The van der Waals surface area contributed by atoms with E-state index in [-0.39, 0.29) is 12.1 Å². The Balaban J connectivity index is 1.76. The number of hydrogen-bond acceptors (Lipinski definition) is 4. The first-order valence-corrected chi connectivity index (χ1v) is 12.0. The molecule has 4 nitrogen and oxygen atoms in total. The van der Waals surface area contributed by atoms with Gasteiger partial charge in [0.1, 0.15) is 12.7 Å². The highest BCUT2D eigenvalue weighted by Gasteiger charge is 2.33. The van der Waals surface area contributed by atoms with E-state index in [4.69, 9.17) is 14.2 Å². The fraction of sp³-hybridized carbons (Fsp3) is 0.958. The Bertz CT molecular complexity index is 381. The van der Waals surface area contributed by atoms with Gasteiger partial charge in [-0.3, -0.25) is 4.79 Å². The van der Waals surface area contributed by atoms with Crippen LogP contribution in [0.4, 0.5) is 0 Å². The third-order valence-electron chi connectivity index (χ3n) is 5.48. The Hall–Kier alpha value is -0.610. The largest absolute Gasteiger partial charge is 0.463 e. The first-order chi connectivity index (χ1) is 13.5. The van der Waals surface area contributed by atoms with E-state index in [2.05, 4.69) is 6.92 Å². The molecule has 0 aromatic heterocycles. The summed E-state index contributed by atoms with van der Waals surface area (Å²) in [6, 6.07) is 0. The van der Waals surface area contributed by atoms with E-state index in [1.54, 1.807) is 0 Å². The van der Waals surface area contributed by atoms with Crippen LogP contribution in [0.3, 0.4) is 0 Å². The topological polar surface area (TPSA) is 44.8 Å². The van der Waals surface area contributed by atoms with Crippen molar-refractivity contribution < 1.29 is 19.0 Å². The molecule has 0 unspecified atom stereocenters. The Morgan fingerprint density at radius 2 is 1.29 bits per heavy atom. The summed E-state index contributed by atoms with van der Waals surface area (Å²) in [4.78, 5) is 11.8. The highest BCUT2D eigenvalue weighted by molar-refractivity contribution is 5.69. The van der Waals surface area contributed by atoms with Gasteiger partial charge in [0.2, 0.25) is 0 Å². The molecule has 1 heterocycles. The van der Waals surface area contributed by atoms with E-state index < -0.39 is 5.79 Å². The van der Waals surface area contributed by atoms with Gasteiger partial charge in [0.05, 0.1) is 6.61 Å². The molecule has 1 fully saturated rings. The number of esters is 1. The van der Waals surface area contributed by atoms with E-state index in [9.17, 15) is 4.79 Å². The van der Waals surface area contributed by atoms with E-state index in [1.165, 1.54) is 83.5 Å². The van der Waals surface area contributed by atoms with Crippen LogP contribution in [0.1, 0.15) is 124 Å². The summed E-state index contributed by atoms with van der Waals surface area (Å²) in [5.41, 5.74) is 0. The lowest BCUT2D eigenvalue weighted by atomic mass is 10.0. The van der Waals surface area contributed by atoms with E-state index >= 15 is 0 Å². The smallest absolute Gasteiger partial charge is 0.305 e. The molecule has 0 aromatic carbocycles. The van der Waals surface area contributed by atoms with E-state index in [0.29, 0.717) is 19.6 Å². The number of rotatable bonds is 18. The number of ether oxygens (including phenoxy) is 3. The minimum Gasteiger partial charge on any atom is -0.463 e. The Morgan fingerprint density at radius 1 is 0.821 bits per heavy atom. The number of carbonyl (C=O) groups is 1. The van der Waals surface area contributed by atoms with E-state index in [0.717, 1.165) is 12.8 Å². The van der Waals surface area contributed by atoms with Gasteiger partial charge in [-0.15, -0.1) is 0 Å². The van der Waals surface area contributed by atoms with Crippen LogP contribution < -0.4 is 0 Å². The Kier molecular flexibility index (Phi) is 14.7. The predicted octanol–water partition coefficient (Wildman–Crippen LogP) is 6.94. The van der Waals surface area contributed by atoms with Crippen molar-refractivity contribution in [2.24, 2.45) is 0 Å². The summed E-state index contributed by atoms with van der Waals surface area (Å²) in [6.07, 6.45) is 20.4. The fourth-order valence-electron chi connectivity index (χ4n) is 3.74. The van der Waals surface area contributed by atoms with Gasteiger partial charge in [-0.05, 0) is 20.3 Å². The van der Waals surface area contributed by atoms with Gasteiger partial charge in [-0.1, -0.05) is 96.8 Å². The molecular weight excluding hydrogens is 352 g/mol. The maximum atomic E-state index is 11.8. The third-order valence-corrected chi connectivity index (χ3v) is 5.48. The monoisotopic (exact) mass is 398 g/mol. The molecule has 1 aliphatic heterocycles. The first-order valence-electron chi connectivity index (χ1n) is 12.0. The molecular formula is C24H46O4. The second-order valence-corrected chi connectivity index (χ2v) is 8.83. The van der Waals surface area contributed by atoms with Crippen LogP contribution in [-0.2, 0) is 19.0 Å². The van der Waals surface area contributed by atoms with Crippen molar-refractivity contribution in [1.82, 2.24) is 0 Å². The van der Waals surface area contributed by atoms with Crippen LogP contribution >= 0.6 is 0 Å². The second-order valence-electron chi connectivity index (χ2n) is 8.83. The minimum atomic E-state index is -0.550. The van der Waals surface area contributed by atoms with Crippen LogP contribution in [-0.4, -0.2) is 31.1 Å². The molecule has 0 saturated carbocycles. The normalized spacial score (nSPS) is 18.5. The summed E-state index contributed by atoms with van der Waals surface area (Å²) in [7, 11) is 0. The average molecular weight is 399 g/mol. The molecule has 0 aliphatic carbocycles. The van der Waals surface area contributed by atoms with Crippen molar-refractivity contribution in [3.63, 3.8) is 0 Å². The maximum Gasteiger partial charge on any atom is 0.305 e. The zero-order valence-corrected chi connectivity index (χ0v) is 18.9. The van der Waals surface area contributed by atoms with Gasteiger partial charge >= 0.3 is 5.97 Å². The van der Waals surface area contributed by atoms with Gasteiger partial charge < -0.3 is 14.2 Å². The number of hydrogen-bond donors (Lipinski definition) is 0. The van der Waals surface area contributed by atoms with Gasteiger partial charge in [0.15, 0.2) is 5.79 Å². The van der Waals surface area contributed by atoms with Crippen LogP contribution in [0.5, 0.6) is 0 Å². The highest BCUT2D eigenvalue weighted by Crippen LogP contribution is 2.22. The SMILES string of the molecule is CCCCCCCCCCCCCCCCCC(=O)OC[C@H]1COC(C)(C)O1. The van der Waals surface area contributed by atoms with Crippen molar-refractivity contribution in [3.8, 4) is 0 Å². The quantitative estimate of drug-likeness (QED) is 0.185. The molecule has 0 amide bonds. The van der Waals surface area contributed by atoms with Gasteiger partial charge in [0, 0.05) is 6.42 Å². The molecule has 0 radical (unpaired) electrons. The Morgan fingerprint density at radius 3 is 1.71 bits per heavy atom. The summed E-state index contributed by atoms with van der Waals surface area (Å²) < 4.78 is 16.4. The van der Waals surface area contributed by atoms with Crippen LogP contribution in [0.25, 0.3) is 0 Å². The zero-order valence-electron chi connectivity index (χ0n) is 18.9. The average Bonchev–Trinajstić information content (AvgIpc) is 3.02. The van der Waals surface area contributed by atoms with Gasteiger partial charge in [-0.2, -0.15) is 0 Å². The molecule has 28 heavy (non-hydrogen) atoms. The molecule has 1 saturated heterocycles. The maximum absolute atomic E-state index is 11.8. The molecule has 0 bridgehead atoms. The zero-order chi connectivity index (χ0) is 20.5. The lowest BCUT2D eigenvalue weighted by molar-refractivity contribution is -0.158. The van der Waals surface area contributed by atoms with Crippen molar-refractivity contribution in [2.45, 2.75) is 135 Å². The number of carbonyl (C=O) groups excluding carboxylic acids is 1. The van der Waals surface area contributed by atoms with Crippen molar-refractivity contribution in [2.75, 3.05) is 13.2 Å². The number of unbranched alkanes of at least 4 members (excludes halogenated alkanes) is 14. The van der Waals surface area contributed by atoms with Crippen LogP contribution in [0.2, 0.25) is 0 Å². The lowest BCUT2D eigenvalue weighted by Gasteiger charge is -2.16. The fourth-order valence-corrected chi connectivity index (χ4v) is 3.74. The summed E-state index contributed by atoms with van der Waals surface area (Å²) >= 11 is 0. The van der Waals surface area contributed by atoms with Gasteiger partial charge in [0.25, 0.3) is 0 Å². The molecule has 0 aromatic rings. The first kappa shape index (κ1) is 25.4. The Labute approximate surface area is 174 Å². The molecule has 4 heteroatoms. The van der Waals surface area contributed by atoms with Crippen LogP contribution in [0, 0.1) is 0 Å². The third kappa shape index (κ3) is 14.4. The second kappa shape index (κ2) is 16.2. The van der Waals surface area contributed by atoms with Crippen LogP contribution in [0.15, 0.2) is 0 Å². The molecule has 1 rings (SSSR count). The molecule has 166 valence electrons. The van der Waals surface area contributed by atoms with Crippen molar-refractivity contribution in [1.29, 1.82) is 0 Å². The van der Waals surface area contributed by atoms with Crippen molar-refractivity contribution >= 4 is 5.97 Å². The van der Waals surface area contributed by atoms with Crippen molar-refractivity contribution in [3.05, 3.63) is 0 Å². The lowest BCUT2D eigenvalue weighted by Crippen LogP contribution is -2.25. The molecule has 1 atom stereocenters. The molecule has 1 aliphatic rings. The summed E-state index contributed by atoms with van der Waals surface area (Å²) in [5.74, 6) is -0.659. The summed E-state index contributed by atoms with van der Waals surface area (Å²) in [5, 5.41) is 0. The van der Waals surface area contributed by atoms with Gasteiger partial charge in [-0.25, -0.2) is 0 Å². The minimum absolute atomic E-state index is 0.108. The standard InChI is InChI=1S/C24H46O4/c1-4-5-6-7-8-9-10-11-12-13-14-15-16-17-18-19-23(25)26-20-22-21-27-24(2,3)28-22/h22H,4-21H2,1-3H3/t22-/m0/s1. The molecule has 0 spiro atoms. The summed E-state index contributed by atoms with van der Waals surface area (Å²) in [6.45, 7) is 6.84.